The van der Waals surface area contributed by atoms with Crippen LogP contribution >= 0.6 is 11.8 Å². The molecule has 0 fully saturated rings. The van der Waals surface area contributed by atoms with Gasteiger partial charge in [-0.25, -0.2) is 0 Å². The van der Waals surface area contributed by atoms with Gasteiger partial charge in [0.2, 0.25) is 11.8 Å². The van der Waals surface area contributed by atoms with Crippen LogP contribution in [0.3, 0.4) is 0 Å². The van der Waals surface area contributed by atoms with Crippen LogP contribution in [0.2, 0.25) is 0 Å². The van der Waals surface area contributed by atoms with E-state index in [0.29, 0.717) is 19.8 Å². The molecule has 0 aliphatic carbocycles. The highest BCUT2D eigenvalue weighted by Gasteiger charge is 2.39. The Hall–Kier alpha value is -2.77. The Balaban J connectivity index is 1.79. The highest BCUT2D eigenvalue weighted by Crippen LogP contribution is 2.43. The lowest BCUT2D eigenvalue weighted by Crippen LogP contribution is -2.44. The van der Waals surface area contributed by atoms with Crippen molar-refractivity contribution in [1.29, 1.82) is 0 Å². The molecular weight excluding hydrogens is 434 g/mol. The van der Waals surface area contributed by atoms with Gasteiger partial charge in [-0.15, -0.1) is 0 Å². The fourth-order valence-corrected chi connectivity index (χ4v) is 5.44. The summed E-state index contributed by atoms with van der Waals surface area (Å²) in [6.07, 6.45) is 1.64. The zero-order chi connectivity index (χ0) is 23.4. The Morgan fingerprint density at radius 1 is 1.15 bits per heavy atom. The van der Waals surface area contributed by atoms with Crippen molar-refractivity contribution in [2.75, 3.05) is 30.4 Å². The van der Waals surface area contributed by atoms with E-state index < -0.39 is 6.04 Å². The fraction of sp³-hybridized carbons (Fsp3) is 0.385. The second-order valence-electron chi connectivity index (χ2n) is 8.11. The average Bonchev–Trinajstić information content (AvgIpc) is 3.01. The van der Waals surface area contributed by atoms with Crippen LogP contribution in [0.15, 0.2) is 53.6 Å². The number of ether oxygens (including phenoxy) is 1. The first-order chi connectivity index (χ1) is 16.1. The third-order valence-corrected chi connectivity index (χ3v) is 7.22. The third kappa shape index (κ3) is 4.66. The lowest BCUT2D eigenvalue weighted by atomic mass is 10.0. The Bertz CT molecular complexity index is 1140. The maximum Gasteiger partial charge on any atom is 0.247 e. The Labute approximate surface area is 199 Å². The minimum absolute atomic E-state index is 0.0704. The monoisotopic (exact) mass is 465 g/mol. The number of rotatable bonds is 8. The number of benzene rings is 2. The van der Waals surface area contributed by atoms with Crippen molar-refractivity contribution in [2.45, 2.75) is 37.8 Å². The van der Waals surface area contributed by atoms with Gasteiger partial charge in [-0.2, -0.15) is 0 Å². The van der Waals surface area contributed by atoms with Crippen molar-refractivity contribution in [3.63, 3.8) is 0 Å². The van der Waals surface area contributed by atoms with E-state index in [9.17, 15) is 9.59 Å². The normalized spacial score (nSPS) is 16.0. The van der Waals surface area contributed by atoms with Crippen molar-refractivity contribution in [2.24, 2.45) is 7.05 Å². The van der Waals surface area contributed by atoms with Crippen molar-refractivity contribution in [3.05, 3.63) is 59.7 Å². The number of anilines is 1. The molecule has 0 saturated carbocycles. The molecule has 1 aromatic heterocycles. The van der Waals surface area contributed by atoms with E-state index in [1.54, 1.807) is 4.90 Å². The van der Waals surface area contributed by atoms with Gasteiger partial charge in [-0.05, 0) is 43.5 Å². The van der Waals surface area contributed by atoms with Gasteiger partial charge in [0.25, 0.3) is 0 Å². The van der Waals surface area contributed by atoms with Crippen molar-refractivity contribution in [1.82, 2.24) is 9.88 Å². The lowest BCUT2D eigenvalue weighted by Gasteiger charge is -2.30. The second kappa shape index (κ2) is 10.4. The molecule has 1 N–H and O–H groups in total. The number of para-hydroxylation sites is 1. The van der Waals surface area contributed by atoms with E-state index in [1.165, 1.54) is 17.3 Å². The number of carbonyl (C=O) groups excluding carboxylic acids is 2. The maximum atomic E-state index is 13.7. The summed E-state index contributed by atoms with van der Waals surface area (Å²) < 4.78 is 7.50. The third-order valence-electron chi connectivity index (χ3n) is 6.06. The van der Waals surface area contributed by atoms with Crippen LogP contribution in [0.5, 0.6) is 0 Å². The van der Waals surface area contributed by atoms with Crippen LogP contribution < -0.4 is 10.2 Å². The first kappa shape index (κ1) is 23.4. The second-order valence-corrected chi connectivity index (χ2v) is 9.08. The molecule has 4 rings (SSSR count). The molecule has 2 amide bonds. The van der Waals surface area contributed by atoms with Crippen LogP contribution in [-0.2, 0) is 27.8 Å². The molecule has 3 aromatic rings. The number of nitrogens with zero attached hydrogens (tertiary/aromatic N) is 2. The topological polar surface area (TPSA) is 63.6 Å². The molecule has 33 heavy (non-hydrogen) atoms. The van der Waals surface area contributed by atoms with Crippen LogP contribution in [-0.4, -0.2) is 41.9 Å². The van der Waals surface area contributed by atoms with Crippen molar-refractivity contribution in [3.8, 4) is 0 Å². The Morgan fingerprint density at radius 2 is 1.91 bits per heavy atom. The molecule has 174 valence electrons. The van der Waals surface area contributed by atoms with Gasteiger partial charge in [0, 0.05) is 49.0 Å². The molecule has 2 aromatic carbocycles. The molecule has 0 saturated heterocycles. The summed E-state index contributed by atoms with van der Waals surface area (Å²) in [5, 5.41) is 5.03. The molecule has 6 nitrogen and oxygen atoms in total. The van der Waals surface area contributed by atoms with Crippen LogP contribution in [0.25, 0.3) is 10.9 Å². The summed E-state index contributed by atoms with van der Waals surface area (Å²) in [6.45, 7) is 5.81. The van der Waals surface area contributed by atoms with Gasteiger partial charge in [0.05, 0.1) is 10.8 Å². The lowest BCUT2D eigenvalue weighted by molar-refractivity contribution is -0.125. The zero-order valence-corrected chi connectivity index (χ0v) is 20.3. The van der Waals surface area contributed by atoms with Gasteiger partial charge in [0.15, 0.2) is 0 Å². The first-order valence-corrected chi connectivity index (χ1v) is 12.5. The summed E-state index contributed by atoms with van der Waals surface area (Å²) in [4.78, 5) is 28.8. The van der Waals surface area contributed by atoms with Gasteiger partial charge in [-0.3, -0.25) is 14.5 Å². The predicted molar refractivity (Wildman–Crippen MR) is 134 cm³/mol. The number of hydrogen-bond acceptors (Lipinski definition) is 4. The van der Waals surface area contributed by atoms with Crippen LogP contribution in [0.1, 0.15) is 37.4 Å². The number of aromatic nitrogens is 1. The molecule has 2 heterocycles. The number of fused-ring (bicyclic) bond motifs is 3. The van der Waals surface area contributed by atoms with E-state index in [0.717, 1.165) is 40.0 Å². The standard InChI is InChI=1S/C26H31N3O3S/c1-4-18-11-13-19(14-12-18)29-22(30)17-33-26-23(20-9-6-7-10-21(20)28(26)3)24(29)25(31)27-15-8-16-32-5-2/h6-7,9-14,24H,4-5,8,15-17H2,1-3H3,(H,27,31)/t24-/m0/s1. The fourth-order valence-electron chi connectivity index (χ4n) is 4.37. The molecule has 0 bridgehead atoms. The van der Waals surface area contributed by atoms with Crippen molar-refractivity contribution >= 4 is 40.2 Å². The Kier molecular flexibility index (Phi) is 7.40. The highest BCUT2D eigenvalue weighted by atomic mass is 32.2. The zero-order valence-electron chi connectivity index (χ0n) is 19.5. The minimum atomic E-state index is -0.742. The first-order valence-electron chi connectivity index (χ1n) is 11.5. The van der Waals surface area contributed by atoms with E-state index in [2.05, 4.69) is 22.9 Å². The van der Waals surface area contributed by atoms with Crippen LogP contribution in [0.4, 0.5) is 5.69 Å². The average molecular weight is 466 g/mol. The van der Waals surface area contributed by atoms with E-state index >= 15 is 0 Å². The number of hydrogen-bond donors (Lipinski definition) is 1. The number of amides is 2. The summed E-state index contributed by atoms with van der Waals surface area (Å²) in [5.74, 6) is 0.0411. The smallest absolute Gasteiger partial charge is 0.247 e. The van der Waals surface area contributed by atoms with E-state index in [-0.39, 0.29) is 17.6 Å². The molecule has 7 heteroatoms. The maximum absolute atomic E-state index is 13.7. The Morgan fingerprint density at radius 3 is 2.64 bits per heavy atom. The summed E-state index contributed by atoms with van der Waals surface area (Å²) in [5.41, 5.74) is 3.89. The minimum Gasteiger partial charge on any atom is -0.382 e. The molecule has 1 atom stereocenters. The van der Waals surface area contributed by atoms with Crippen molar-refractivity contribution < 1.29 is 14.3 Å². The largest absolute Gasteiger partial charge is 0.382 e. The quantitative estimate of drug-likeness (QED) is 0.499. The predicted octanol–water partition coefficient (Wildman–Crippen LogP) is 4.46. The number of aryl methyl sites for hydroxylation is 2. The summed E-state index contributed by atoms with van der Waals surface area (Å²) >= 11 is 1.50. The van der Waals surface area contributed by atoms with E-state index in [4.69, 9.17) is 4.74 Å². The van der Waals surface area contributed by atoms with Gasteiger partial charge in [0.1, 0.15) is 6.04 Å². The van der Waals surface area contributed by atoms with Gasteiger partial charge >= 0.3 is 0 Å². The molecule has 1 aliphatic heterocycles. The molecule has 0 unspecified atom stereocenters. The molecule has 0 radical (unpaired) electrons. The van der Waals surface area contributed by atoms with E-state index in [1.807, 2.05) is 56.4 Å². The molecule has 1 aliphatic rings. The highest BCUT2D eigenvalue weighted by molar-refractivity contribution is 8.00. The number of nitrogens with one attached hydrogen (secondary N) is 1. The molecular formula is C26H31N3O3S. The van der Waals surface area contributed by atoms with Gasteiger partial charge in [-0.1, -0.05) is 49.0 Å². The van der Waals surface area contributed by atoms with Gasteiger partial charge < -0.3 is 14.6 Å². The molecule has 0 spiro atoms. The SMILES string of the molecule is CCOCCCNC(=O)[C@@H]1c2c(n(C)c3ccccc23)SCC(=O)N1c1ccc(CC)cc1. The number of carbonyl (C=O) groups is 2. The number of thioether (sulfide) groups is 1. The summed E-state index contributed by atoms with van der Waals surface area (Å²) in [6, 6.07) is 15.3. The summed E-state index contributed by atoms with van der Waals surface area (Å²) in [7, 11) is 2.00. The van der Waals surface area contributed by atoms with Crippen LogP contribution in [0, 0.1) is 0 Å².